The fraction of sp³-hybridized carbons (Fsp3) is 0.200. The van der Waals surface area contributed by atoms with Crippen molar-refractivity contribution in [1.82, 2.24) is 0 Å². The first-order valence-corrected chi connectivity index (χ1v) is 21.8. The average Bonchev–Trinajstić information content (AvgIpc) is 3.71. The number of hydrogen-bond acceptors (Lipinski definition) is 0. The molecule has 0 aliphatic carbocycles. The van der Waals surface area contributed by atoms with Crippen molar-refractivity contribution in [3.05, 3.63) is 156 Å². The molecule has 0 nitrogen and oxygen atoms in total. The lowest BCUT2D eigenvalue weighted by atomic mass is 9.82. The van der Waals surface area contributed by atoms with E-state index >= 15 is 0 Å². The van der Waals surface area contributed by atoms with Gasteiger partial charge < -0.3 is 0 Å². The van der Waals surface area contributed by atoms with Gasteiger partial charge in [0.25, 0.3) is 0 Å². The highest BCUT2D eigenvalue weighted by Crippen LogP contribution is 2.55. The molecular weight excluding hydrogens is 721 g/mol. The Balaban J connectivity index is 1.36. The molecule has 60 heavy (non-hydrogen) atoms. The molecule has 290 valence electrons. The molecule has 0 atom stereocenters. The summed E-state index contributed by atoms with van der Waals surface area (Å²) in [6.07, 6.45) is 0. The Morgan fingerprint density at radius 3 is 1.25 bits per heavy atom. The quantitative estimate of drug-likeness (QED) is 0.154. The van der Waals surface area contributed by atoms with E-state index < -0.39 is 0 Å². The normalized spacial score (nSPS) is 13.4. The first-order valence-electron chi connectivity index (χ1n) is 21.8. The summed E-state index contributed by atoms with van der Waals surface area (Å²) in [5.74, 6) is 0. The fourth-order valence-corrected chi connectivity index (χ4v) is 11.0. The summed E-state index contributed by atoms with van der Waals surface area (Å²) in [7, 11) is 0. The smallest absolute Gasteiger partial charge is 0.000719 e. The summed E-state index contributed by atoms with van der Waals surface area (Å²) in [4.78, 5) is 0. The van der Waals surface area contributed by atoms with Crippen LogP contribution in [0.3, 0.4) is 0 Å². The first-order chi connectivity index (χ1) is 28.6. The van der Waals surface area contributed by atoms with Crippen molar-refractivity contribution in [2.75, 3.05) is 0 Å². The molecule has 0 aromatic heterocycles. The van der Waals surface area contributed by atoms with Gasteiger partial charge >= 0.3 is 0 Å². The molecule has 0 saturated carbocycles. The molecule has 0 heterocycles. The van der Waals surface area contributed by atoms with E-state index in [0.29, 0.717) is 0 Å². The summed E-state index contributed by atoms with van der Waals surface area (Å²) >= 11 is 0. The predicted octanol–water partition coefficient (Wildman–Crippen LogP) is 17.6. The van der Waals surface area contributed by atoms with Crippen LogP contribution in [0.2, 0.25) is 0 Å². The zero-order chi connectivity index (χ0) is 41.2. The third-order valence-electron chi connectivity index (χ3n) is 14.1. The van der Waals surface area contributed by atoms with Crippen LogP contribution in [0.4, 0.5) is 0 Å². The van der Waals surface area contributed by atoms with Gasteiger partial charge in [0.05, 0.1) is 0 Å². The van der Waals surface area contributed by atoms with Crippen LogP contribution < -0.4 is 0 Å². The van der Waals surface area contributed by atoms with E-state index in [1.807, 2.05) is 0 Å². The molecule has 0 radical (unpaired) electrons. The van der Waals surface area contributed by atoms with E-state index in [-0.39, 0.29) is 16.2 Å². The molecule has 0 unspecified atom stereocenters. The van der Waals surface area contributed by atoms with Crippen molar-refractivity contribution in [3.63, 3.8) is 0 Å². The Morgan fingerprint density at radius 1 is 0.250 bits per heavy atom. The first kappa shape index (κ1) is 35.7. The molecule has 12 rings (SSSR count). The summed E-state index contributed by atoms with van der Waals surface area (Å²) in [5, 5.41) is 24.2. The van der Waals surface area contributed by atoms with Gasteiger partial charge in [0.1, 0.15) is 0 Å². The predicted molar refractivity (Wildman–Crippen MR) is 265 cm³/mol. The number of fused-ring (bicyclic) bond motifs is 7. The van der Waals surface area contributed by atoms with E-state index in [9.17, 15) is 0 Å². The van der Waals surface area contributed by atoms with Gasteiger partial charge in [-0.1, -0.05) is 184 Å². The molecule has 0 bridgehead atoms. The minimum atomic E-state index is 0.0250. The van der Waals surface area contributed by atoms with Gasteiger partial charge in [-0.05, 0) is 170 Å². The second-order valence-electron chi connectivity index (χ2n) is 20.9. The molecular formula is C60H50. The molecule has 0 N–H and O–H groups in total. The number of rotatable bonds is 2. The Morgan fingerprint density at radius 2 is 0.717 bits per heavy atom. The molecule has 0 spiro atoms. The van der Waals surface area contributed by atoms with Crippen molar-refractivity contribution in [3.8, 4) is 22.3 Å². The SMILES string of the molecule is CC(C)(C)c1ccc(-c2c3cc4c(cc3c(-c3ccc(C(C)(C)C)cc3)c3c5cc6cc(C(C)(C)C)cc7ccc8ccc(c23)c5c8c76)c2cccc3cccc4c32)cc1. The standard InChI is InChI=1S/C60H50/c1-58(2,3)39-23-18-34(19-24-39)52-47-31-45-42-14-10-12-33-13-11-15-43(51(33)42)46(45)32-48(47)53(35-20-25-40(26-21-35)59(4,5)6)57-49-30-38-29-41(60(7,8)9)28-37-17-16-36-22-27-44(56(52)57)55(49)54(36)50(37)38/h10-32H,1-9H3. The van der Waals surface area contributed by atoms with Crippen molar-refractivity contribution >= 4 is 97.0 Å². The maximum atomic E-state index is 2.56. The van der Waals surface area contributed by atoms with Crippen LogP contribution in [0.15, 0.2) is 140 Å². The molecule has 0 heteroatoms. The van der Waals surface area contributed by atoms with Gasteiger partial charge in [-0.2, -0.15) is 0 Å². The Hall–Kier alpha value is -6.24. The van der Waals surface area contributed by atoms with Crippen molar-refractivity contribution in [1.29, 1.82) is 0 Å². The highest BCUT2D eigenvalue weighted by Gasteiger charge is 2.28. The maximum Gasteiger partial charge on any atom is -0.000719 e. The van der Waals surface area contributed by atoms with E-state index in [0.717, 1.165) is 0 Å². The molecule has 0 fully saturated rings. The summed E-state index contributed by atoms with van der Waals surface area (Å²) in [6.45, 7) is 20.9. The summed E-state index contributed by atoms with van der Waals surface area (Å²) in [6, 6.07) is 54.9. The van der Waals surface area contributed by atoms with Crippen LogP contribution >= 0.6 is 0 Å². The lowest BCUT2D eigenvalue weighted by Gasteiger charge is -2.22. The van der Waals surface area contributed by atoms with Crippen LogP contribution in [-0.4, -0.2) is 0 Å². The largest absolute Gasteiger partial charge is 0.0610 e. The molecule has 0 aliphatic rings. The van der Waals surface area contributed by atoms with Crippen molar-refractivity contribution < 1.29 is 0 Å². The summed E-state index contributed by atoms with van der Waals surface area (Å²) in [5.41, 5.74) is 9.41. The van der Waals surface area contributed by atoms with E-state index in [1.165, 1.54) is 136 Å². The highest BCUT2D eigenvalue weighted by atomic mass is 14.3. The van der Waals surface area contributed by atoms with Gasteiger partial charge in [-0.15, -0.1) is 0 Å². The van der Waals surface area contributed by atoms with E-state index in [4.69, 9.17) is 0 Å². The topological polar surface area (TPSA) is 0 Å². The number of hydrogen-bond donors (Lipinski definition) is 0. The van der Waals surface area contributed by atoms with Crippen molar-refractivity contribution in [2.45, 2.75) is 78.6 Å². The van der Waals surface area contributed by atoms with Gasteiger partial charge in [0.2, 0.25) is 0 Å². The molecule has 0 aliphatic heterocycles. The van der Waals surface area contributed by atoms with E-state index in [1.54, 1.807) is 0 Å². The Kier molecular flexibility index (Phi) is 6.98. The minimum Gasteiger partial charge on any atom is -0.0610 e. The lowest BCUT2D eigenvalue weighted by Crippen LogP contribution is -2.10. The van der Waals surface area contributed by atoms with Crippen LogP contribution in [0.5, 0.6) is 0 Å². The molecule has 0 amide bonds. The fourth-order valence-electron chi connectivity index (χ4n) is 11.0. The van der Waals surface area contributed by atoms with Crippen LogP contribution in [0.25, 0.3) is 119 Å². The van der Waals surface area contributed by atoms with Crippen LogP contribution in [0.1, 0.15) is 79.0 Å². The van der Waals surface area contributed by atoms with Crippen LogP contribution in [0, 0.1) is 0 Å². The second-order valence-corrected chi connectivity index (χ2v) is 20.9. The van der Waals surface area contributed by atoms with E-state index in [2.05, 4.69) is 202 Å². The van der Waals surface area contributed by atoms with Crippen LogP contribution in [-0.2, 0) is 16.2 Å². The minimum absolute atomic E-state index is 0.0250. The summed E-state index contributed by atoms with van der Waals surface area (Å²) < 4.78 is 0. The Labute approximate surface area is 352 Å². The van der Waals surface area contributed by atoms with Gasteiger partial charge in [-0.3, -0.25) is 0 Å². The molecule has 12 aromatic carbocycles. The third kappa shape index (κ3) is 4.85. The lowest BCUT2D eigenvalue weighted by molar-refractivity contribution is 0.590. The highest BCUT2D eigenvalue weighted by molar-refractivity contribution is 6.46. The van der Waals surface area contributed by atoms with Crippen molar-refractivity contribution in [2.24, 2.45) is 0 Å². The molecule has 0 saturated heterocycles. The van der Waals surface area contributed by atoms with Gasteiger partial charge in [-0.25, -0.2) is 0 Å². The average molecular weight is 771 g/mol. The van der Waals surface area contributed by atoms with Gasteiger partial charge in [0.15, 0.2) is 0 Å². The Bertz CT molecular complexity index is 3700. The third-order valence-corrected chi connectivity index (χ3v) is 14.1. The maximum absolute atomic E-state index is 2.56. The second kappa shape index (κ2) is 11.7. The number of benzene rings is 10. The van der Waals surface area contributed by atoms with Gasteiger partial charge in [0, 0.05) is 0 Å². The monoisotopic (exact) mass is 770 g/mol. The zero-order valence-electron chi connectivity index (χ0n) is 36.3. The zero-order valence-corrected chi connectivity index (χ0v) is 36.3. The molecule has 12 aromatic rings.